The summed E-state index contributed by atoms with van der Waals surface area (Å²) < 4.78 is 31.3. The van der Waals surface area contributed by atoms with E-state index in [1.165, 1.54) is 12.1 Å². The minimum Gasteiger partial charge on any atom is -0.450 e. The van der Waals surface area contributed by atoms with Crippen molar-refractivity contribution in [3.8, 4) is 21.8 Å². The van der Waals surface area contributed by atoms with Crippen LogP contribution in [0.25, 0.3) is 21.8 Å². The monoisotopic (exact) mass is 537 g/mol. The Kier molecular flexibility index (Phi) is 7.18. The largest absolute Gasteiger partial charge is 0.450 e. The minimum absolute atomic E-state index is 0.191. The van der Waals surface area contributed by atoms with Gasteiger partial charge in [-0.15, -0.1) is 11.3 Å². The molecule has 192 valence electrons. The lowest BCUT2D eigenvalue weighted by atomic mass is 9.99. The van der Waals surface area contributed by atoms with Crippen molar-refractivity contribution >= 4 is 28.1 Å². The van der Waals surface area contributed by atoms with Gasteiger partial charge in [-0.2, -0.15) is 0 Å². The van der Waals surface area contributed by atoms with Gasteiger partial charge in [0.15, 0.2) is 0 Å². The molecule has 6 nitrogen and oxygen atoms in total. The summed E-state index contributed by atoms with van der Waals surface area (Å²) in [7, 11) is -1.32. The lowest BCUT2D eigenvalue weighted by Crippen LogP contribution is -2.19. The lowest BCUT2D eigenvalue weighted by molar-refractivity contribution is -0.148. The van der Waals surface area contributed by atoms with Crippen LogP contribution in [0.5, 0.6) is 0 Å². The van der Waals surface area contributed by atoms with Gasteiger partial charge in [0.1, 0.15) is 11.4 Å². The highest BCUT2D eigenvalue weighted by Gasteiger charge is 2.40. The molecule has 3 atom stereocenters. The molecule has 0 amide bonds. The number of benzene rings is 1. The second-order valence-corrected chi connectivity index (χ2v) is 12.0. The van der Waals surface area contributed by atoms with Crippen LogP contribution < -0.4 is 0 Å². The molecule has 2 aliphatic rings. The smallest absolute Gasteiger partial charge is 0.311 e. The van der Waals surface area contributed by atoms with E-state index in [-0.39, 0.29) is 22.9 Å². The molecule has 0 N–H and O–H groups in total. The molecule has 37 heavy (non-hydrogen) atoms. The zero-order valence-corrected chi connectivity index (χ0v) is 22.6. The molecule has 3 unspecified atom stereocenters. The van der Waals surface area contributed by atoms with E-state index in [2.05, 4.69) is 16.0 Å². The Morgan fingerprint density at radius 1 is 1.22 bits per heavy atom. The van der Waals surface area contributed by atoms with Crippen LogP contribution in [0.2, 0.25) is 0 Å². The second-order valence-electron chi connectivity index (χ2n) is 9.68. The van der Waals surface area contributed by atoms with Crippen molar-refractivity contribution in [3.63, 3.8) is 0 Å². The molecule has 5 rings (SSSR count). The molecule has 0 aliphatic heterocycles. The summed E-state index contributed by atoms with van der Waals surface area (Å²) in [4.78, 5) is 27.0. The summed E-state index contributed by atoms with van der Waals surface area (Å²) in [6, 6.07) is 8.06. The molecule has 2 heterocycles. The number of rotatable bonds is 7. The molecule has 0 saturated carbocycles. The van der Waals surface area contributed by atoms with Crippen LogP contribution >= 0.6 is 11.3 Å². The van der Waals surface area contributed by atoms with E-state index in [1.807, 2.05) is 19.9 Å². The van der Waals surface area contributed by atoms with Gasteiger partial charge in [-0.3, -0.25) is 9.00 Å². The van der Waals surface area contributed by atoms with Crippen molar-refractivity contribution < 1.29 is 18.1 Å². The summed E-state index contributed by atoms with van der Waals surface area (Å²) in [6.07, 6.45) is 11.0. The average molecular weight is 538 g/mol. The average Bonchev–Trinajstić information content (AvgIpc) is 3.32. The maximum atomic E-state index is 13.6. The molecule has 2 aromatic heterocycles. The number of esters is 1. The SMILES string of the molecule is CC1=CC1(C)OC(=O)CC1=CCCC(c2nc(-c3ccc(F)cc3)c(-c3ccnc(S(C)=O)n3)s2)CC1. The van der Waals surface area contributed by atoms with E-state index in [0.717, 1.165) is 58.0 Å². The molecule has 0 fully saturated rings. The van der Waals surface area contributed by atoms with Crippen LogP contribution in [-0.4, -0.2) is 37.0 Å². The highest BCUT2D eigenvalue weighted by Crippen LogP contribution is 2.42. The van der Waals surface area contributed by atoms with Gasteiger partial charge in [0.25, 0.3) is 0 Å². The fraction of sp³-hybridized carbons (Fsp3) is 0.357. The van der Waals surface area contributed by atoms with Crippen molar-refractivity contribution in [2.45, 2.75) is 62.6 Å². The number of ether oxygens (including phenoxy) is 1. The Morgan fingerprint density at radius 3 is 2.68 bits per heavy atom. The zero-order chi connectivity index (χ0) is 26.2. The number of carbonyl (C=O) groups is 1. The third-order valence-corrected chi connectivity index (χ3v) is 8.84. The third-order valence-electron chi connectivity index (χ3n) is 6.88. The van der Waals surface area contributed by atoms with E-state index >= 15 is 0 Å². The van der Waals surface area contributed by atoms with E-state index < -0.39 is 16.4 Å². The molecule has 0 bridgehead atoms. The number of aromatic nitrogens is 3. The summed E-state index contributed by atoms with van der Waals surface area (Å²) in [5.74, 6) is -0.286. The van der Waals surface area contributed by atoms with Gasteiger partial charge in [0.05, 0.1) is 38.5 Å². The lowest BCUT2D eigenvalue weighted by Gasteiger charge is -2.14. The van der Waals surface area contributed by atoms with Crippen LogP contribution in [0.4, 0.5) is 4.39 Å². The summed E-state index contributed by atoms with van der Waals surface area (Å²) >= 11 is 1.56. The Labute approximate surface area is 222 Å². The first-order chi connectivity index (χ1) is 17.7. The fourth-order valence-corrected chi connectivity index (χ4v) is 6.20. The van der Waals surface area contributed by atoms with Crippen LogP contribution in [0.3, 0.4) is 0 Å². The standard InChI is InChI=1S/C28H28FN3O3S2/c1-17-16-28(17,2)35-23(33)15-18-5-4-6-20(8-7-18)26-32-24(19-9-11-21(29)12-10-19)25(36-26)22-13-14-30-27(31-22)37(3)34/h5,9-14,16,20H,4,6-8,15H2,1-3H3. The number of thiazole rings is 1. The van der Waals surface area contributed by atoms with Crippen molar-refractivity contribution in [1.29, 1.82) is 0 Å². The van der Waals surface area contributed by atoms with Gasteiger partial charge in [0, 0.05) is 23.9 Å². The molecule has 3 aromatic rings. The molecule has 0 saturated heterocycles. The van der Waals surface area contributed by atoms with Crippen molar-refractivity contribution in [2.75, 3.05) is 6.26 Å². The zero-order valence-electron chi connectivity index (χ0n) is 21.0. The highest BCUT2D eigenvalue weighted by atomic mass is 32.2. The van der Waals surface area contributed by atoms with Crippen molar-refractivity contribution in [2.24, 2.45) is 0 Å². The Balaban J connectivity index is 1.37. The van der Waals surface area contributed by atoms with Gasteiger partial charge in [-0.1, -0.05) is 11.6 Å². The molecular weight excluding hydrogens is 509 g/mol. The van der Waals surface area contributed by atoms with Gasteiger partial charge in [-0.05, 0) is 81.5 Å². The minimum atomic E-state index is -1.32. The van der Waals surface area contributed by atoms with E-state index in [0.29, 0.717) is 12.1 Å². The maximum Gasteiger partial charge on any atom is 0.311 e. The van der Waals surface area contributed by atoms with Crippen molar-refractivity contribution in [1.82, 2.24) is 15.0 Å². The van der Waals surface area contributed by atoms with Crippen molar-refractivity contribution in [3.05, 3.63) is 70.7 Å². The Bertz CT molecular complexity index is 1430. The number of allylic oxidation sites excluding steroid dienone is 1. The fourth-order valence-electron chi connectivity index (χ4n) is 4.54. The molecule has 0 spiro atoms. The molecule has 9 heteroatoms. The maximum absolute atomic E-state index is 13.6. The predicted octanol–water partition coefficient (Wildman–Crippen LogP) is 6.38. The van der Waals surface area contributed by atoms with E-state index in [9.17, 15) is 13.4 Å². The van der Waals surface area contributed by atoms with Crippen LogP contribution in [0.15, 0.2) is 65.0 Å². The first kappa shape index (κ1) is 25.6. The quantitative estimate of drug-likeness (QED) is 0.198. The number of carbonyl (C=O) groups excluding carboxylic acids is 1. The predicted molar refractivity (Wildman–Crippen MR) is 143 cm³/mol. The summed E-state index contributed by atoms with van der Waals surface area (Å²) in [5, 5.41) is 1.24. The van der Waals surface area contributed by atoms with Gasteiger partial charge in [0.2, 0.25) is 5.16 Å². The molecular formula is C28H28FN3O3S2. The Morgan fingerprint density at radius 2 is 1.97 bits per heavy atom. The van der Waals surface area contributed by atoms with Gasteiger partial charge < -0.3 is 4.74 Å². The van der Waals surface area contributed by atoms with E-state index in [1.54, 1.807) is 42.0 Å². The molecule has 2 aliphatic carbocycles. The van der Waals surface area contributed by atoms with Gasteiger partial charge >= 0.3 is 5.97 Å². The first-order valence-corrected chi connectivity index (χ1v) is 14.6. The summed E-state index contributed by atoms with van der Waals surface area (Å²) in [5.41, 5.74) is 3.88. The van der Waals surface area contributed by atoms with Crippen LogP contribution in [0.1, 0.15) is 56.9 Å². The Hall–Kier alpha value is -3.04. The second kappa shape index (κ2) is 10.4. The summed E-state index contributed by atoms with van der Waals surface area (Å²) in [6.45, 7) is 3.88. The normalized spacial score (nSPS) is 22.0. The van der Waals surface area contributed by atoms with Gasteiger partial charge in [-0.25, -0.2) is 19.3 Å². The third kappa shape index (κ3) is 5.78. The first-order valence-electron chi connectivity index (χ1n) is 12.2. The topological polar surface area (TPSA) is 82.0 Å². The number of nitrogens with zero attached hydrogens (tertiary/aromatic N) is 3. The van der Waals surface area contributed by atoms with E-state index in [4.69, 9.17) is 9.72 Å². The molecule has 0 radical (unpaired) electrons. The number of hydrogen-bond acceptors (Lipinski definition) is 7. The highest BCUT2D eigenvalue weighted by molar-refractivity contribution is 7.84. The number of hydrogen-bond donors (Lipinski definition) is 0. The molecule has 1 aromatic carbocycles. The van der Waals surface area contributed by atoms with Crippen LogP contribution in [0, 0.1) is 5.82 Å². The number of halogens is 1. The van der Waals surface area contributed by atoms with Crippen LogP contribution in [-0.2, 0) is 20.3 Å².